The average Bonchev–Trinajstić information content (AvgIpc) is 2.82. The van der Waals surface area contributed by atoms with E-state index < -0.39 is 0 Å². The first-order valence-corrected chi connectivity index (χ1v) is 6.32. The molecule has 5 heteroatoms. The summed E-state index contributed by atoms with van der Waals surface area (Å²) in [6.45, 7) is 0.610. The van der Waals surface area contributed by atoms with Crippen molar-refractivity contribution in [1.29, 1.82) is 0 Å². The zero-order chi connectivity index (χ0) is 12.3. The van der Waals surface area contributed by atoms with E-state index in [0.29, 0.717) is 17.3 Å². The van der Waals surface area contributed by atoms with E-state index in [9.17, 15) is 4.79 Å². The predicted molar refractivity (Wildman–Crippen MR) is 69.4 cm³/mol. The van der Waals surface area contributed by atoms with Crippen molar-refractivity contribution < 1.29 is 4.79 Å². The van der Waals surface area contributed by atoms with Crippen LogP contribution in [0.1, 0.15) is 15.2 Å². The van der Waals surface area contributed by atoms with Gasteiger partial charge >= 0.3 is 0 Å². The minimum absolute atomic E-state index is 0.0532. The molecule has 0 aliphatic rings. The van der Waals surface area contributed by atoms with E-state index in [2.05, 4.69) is 4.98 Å². The molecule has 2 rings (SSSR count). The van der Waals surface area contributed by atoms with Gasteiger partial charge in [-0.1, -0.05) is 17.7 Å². The largest absolute Gasteiger partial charge is 0.337 e. The summed E-state index contributed by atoms with van der Waals surface area (Å²) in [6, 6.07) is 7.28. The Bertz CT molecular complexity index is 496. The van der Waals surface area contributed by atoms with Crippen LogP contribution < -0.4 is 0 Å². The van der Waals surface area contributed by atoms with Gasteiger partial charge in [0.05, 0.1) is 12.1 Å². The standard InChI is InChI=1S/C12H11ClN2OS/c1-15(8-10-3-2-6-17-10)12(16)9-4-5-11(13)14-7-9/h2-7H,8H2,1H3. The number of thiophene rings is 1. The average molecular weight is 267 g/mol. The highest BCUT2D eigenvalue weighted by molar-refractivity contribution is 7.09. The van der Waals surface area contributed by atoms with Crippen LogP contribution in [0, 0.1) is 0 Å². The van der Waals surface area contributed by atoms with Gasteiger partial charge in [-0.25, -0.2) is 4.98 Å². The first-order valence-electron chi connectivity index (χ1n) is 5.06. The number of hydrogen-bond donors (Lipinski definition) is 0. The molecule has 0 radical (unpaired) electrons. The number of carbonyl (C=O) groups is 1. The van der Waals surface area contributed by atoms with Crippen molar-refractivity contribution in [3.63, 3.8) is 0 Å². The van der Waals surface area contributed by atoms with Crippen LogP contribution in [0.25, 0.3) is 0 Å². The van der Waals surface area contributed by atoms with E-state index in [1.165, 1.54) is 6.20 Å². The number of aromatic nitrogens is 1. The lowest BCUT2D eigenvalue weighted by atomic mass is 10.2. The monoisotopic (exact) mass is 266 g/mol. The summed E-state index contributed by atoms with van der Waals surface area (Å²) < 4.78 is 0. The third kappa shape index (κ3) is 3.05. The van der Waals surface area contributed by atoms with Crippen LogP contribution in [0.3, 0.4) is 0 Å². The lowest BCUT2D eigenvalue weighted by Gasteiger charge is -2.15. The molecular formula is C12H11ClN2OS. The molecule has 0 bridgehead atoms. The second kappa shape index (κ2) is 5.29. The molecule has 0 fully saturated rings. The highest BCUT2D eigenvalue weighted by Gasteiger charge is 2.12. The van der Waals surface area contributed by atoms with Gasteiger partial charge in [-0.05, 0) is 23.6 Å². The van der Waals surface area contributed by atoms with Crippen LogP contribution in [0.4, 0.5) is 0 Å². The highest BCUT2D eigenvalue weighted by Crippen LogP contribution is 2.13. The fourth-order valence-corrected chi connectivity index (χ4v) is 2.30. The fraction of sp³-hybridized carbons (Fsp3) is 0.167. The van der Waals surface area contributed by atoms with Crippen molar-refractivity contribution in [2.24, 2.45) is 0 Å². The maximum atomic E-state index is 12.0. The summed E-state index contributed by atoms with van der Waals surface area (Å²) in [4.78, 5) is 18.7. The molecule has 0 aliphatic carbocycles. The molecule has 1 amide bonds. The van der Waals surface area contributed by atoms with Gasteiger partial charge in [0.15, 0.2) is 0 Å². The summed E-state index contributed by atoms with van der Waals surface area (Å²) in [6.07, 6.45) is 1.50. The SMILES string of the molecule is CN(Cc1cccs1)C(=O)c1ccc(Cl)nc1. The van der Waals surface area contributed by atoms with Crippen LogP contribution in [0.5, 0.6) is 0 Å². The second-order valence-electron chi connectivity index (χ2n) is 3.61. The van der Waals surface area contributed by atoms with Gasteiger partial charge in [0.1, 0.15) is 5.15 Å². The maximum Gasteiger partial charge on any atom is 0.255 e. The van der Waals surface area contributed by atoms with Crippen LogP contribution >= 0.6 is 22.9 Å². The molecule has 0 N–H and O–H groups in total. The summed E-state index contributed by atoms with van der Waals surface area (Å²) in [5.74, 6) is -0.0532. The molecule has 88 valence electrons. The van der Waals surface area contributed by atoms with E-state index in [4.69, 9.17) is 11.6 Å². The number of hydrogen-bond acceptors (Lipinski definition) is 3. The number of amides is 1. The lowest BCUT2D eigenvalue weighted by Crippen LogP contribution is -2.25. The van der Waals surface area contributed by atoms with Gasteiger partial charge in [0.2, 0.25) is 0 Å². The van der Waals surface area contributed by atoms with Crippen LogP contribution in [-0.4, -0.2) is 22.8 Å². The van der Waals surface area contributed by atoms with Crippen molar-refractivity contribution in [2.45, 2.75) is 6.54 Å². The minimum atomic E-state index is -0.0532. The zero-order valence-corrected chi connectivity index (χ0v) is 10.8. The number of nitrogens with zero attached hydrogens (tertiary/aromatic N) is 2. The second-order valence-corrected chi connectivity index (χ2v) is 5.03. The lowest BCUT2D eigenvalue weighted by molar-refractivity contribution is 0.0786. The number of carbonyl (C=O) groups excluding carboxylic acids is 1. The summed E-state index contributed by atoms with van der Waals surface area (Å²) in [5, 5.41) is 2.39. The van der Waals surface area contributed by atoms with E-state index in [1.807, 2.05) is 17.5 Å². The highest BCUT2D eigenvalue weighted by atomic mass is 35.5. The van der Waals surface area contributed by atoms with E-state index in [0.717, 1.165) is 4.88 Å². The van der Waals surface area contributed by atoms with Crippen LogP contribution in [-0.2, 0) is 6.54 Å². The van der Waals surface area contributed by atoms with Crippen molar-refractivity contribution >= 4 is 28.8 Å². The van der Waals surface area contributed by atoms with Crippen molar-refractivity contribution in [1.82, 2.24) is 9.88 Å². The van der Waals surface area contributed by atoms with Gasteiger partial charge in [-0.3, -0.25) is 4.79 Å². The Morgan fingerprint density at radius 3 is 2.88 bits per heavy atom. The molecule has 0 aromatic carbocycles. The first-order chi connectivity index (χ1) is 8.16. The summed E-state index contributed by atoms with van der Waals surface area (Å²) in [7, 11) is 1.77. The first kappa shape index (κ1) is 12.1. The quantitative estimate of drug-likeness (QED) is 0.800. The normalized spacial score (nSPS) is 10.2. The fourth-order valence-electron chi connectivity index (χ4n) is 1.43. The minimum Gasteiger partial charge on any atom is -0.337 e. The van der Waals surface area contributed by atoms with E-state index in [1.54, 1.807) is 35.4 Å². The third-order valence-corrected chi connectivity index (χ3v) is 3.38. The number of halogens is 1. The Labute approximate surface area is 109 Å². The summed E-state index contributed by atoms with van der Waals surface area (Å²) in [5.41, 5.74) is 0.549. The molecule has 0 saturated heterocycles. The maximum absolute atomic E-state index is 12.0. The van der Waals surface area contributed by atoms with Gasteiger partial charge < -0.3 is 4.90 Å². The molecule has 2 aromatic rings. The Kier molecular flexibility index (Phi) is 3.76. The number of pyridine rings is 1. The smallest absolute Gasteiger partial charge is 0.255 e. The Morgan fingerprint density at radius 1 is 1.47 bits per heavy atom. The molecule has 0 atom stereocenters. The van der Waals surface area contributed by atoms with Crippen molar-refractivity contribution in [3.05, 3.63) is 51.4 Å². The Hall–Kier alpha value is -1.39. The van der Waals surface area contributed by atoms with Gasteiger partial charge in [0, 0.05) is 18.1 Å². The molecule has 0 aliphatic heterocycles. The molecule has 0 spiro atoms. The molecular weight excluding hydrogens is 256 g/mol. The molecule has 2 aromatic heterocycles. The molecule has 17 heavy (non-hydrogen) atoms. The van der Waals surface area contributed by atoms with Gasteiger partial charge in [-0.15, -0.1) is 11.3 Å². The Balaban J connectivity index is 2.07. The Morgan fingerprint density at radius 2 is 2.29 bits per heavy atom. The van der Waals surface area contributed by atoms with E-state index >= 15 is 0 Å². The predicted octanol–water partition coefficient (Wildman–Crippen LogP) is 3.07. The summed E-state index contributed by atoms with van der Waals surface area (Å²) >= 11 is 7.31. The van der Waals surface area contributed by atoms with E-state index in [-0.39, 0.29) is 5.91 Å². The molecule has 0 unspecified atom stereocenters. The molecule has 3 nitrogen and oxygen atoms in total. The molecule has 0 saturated carbocycles. The number of rotatable bonds is 3. The van der Waals surface area contributed by atoms with Gasteiger partial charge in [-0.2, -0.15) is 0 Å². The van der Waals surface area contributed by atoms with Crippen LogP contribution in [0.15, 0.2) is 35.8 Å². The topological polar surface area (TPSA) is 33.2 Å². The zero-order valence-electron chi connectivity index (χ0n) is 9.26. The van der Waals surface area contributed by atoms with Crippen LogP contribution in [0.2, 0.25) is 5.15 Å². The third-order valence-electron chi connectivity index (χ3n) is 2.29. The van der Waals surface area contributed by atoms with Crippen molar-refractivity contribution in [3.8, 4) is 0 Å². The van der Waals surface area contributed by atoms with Gasteiger partial charge in [0.25, 0.3) is 5.91 Å². The van der Waals surface area contributed by atoms with Crippen molar-refractivity contribution in [2.75, 3.05) is 7.05 Å². The molecule has 2 heterocycles.